The zero-order valence-electron chi connectivity index (χ0n) is 14.5. The van der Waals surface area contributed by atoms with Crippen molar-refractivity contribution in [1.82, 2.24) is 25.1 Å². The first-order valence-electron chi connectivity index (χ1n) is 8.88. The molecule has 0 amide bonds. The molecule has 0 bridgehead atoms. The molecular formula is C20H23N5. The zero-order valence-corrected chi connectivity index (χ0v) is 14.5. The van der Waals surface area contributed by atoms with Gasteiger partial charge in [0.25, 0.3) is 0 Å². The van der Waals surface area contributed by atoms with Gasteiger partial charge in [-0.15, -0.1) is 0 Å². The van der Waals surface area contributed by atoms with Gasteiger partial charge >= 0.3 is 0 Å². The van der Waals surface area contributed by atoms with Crippen molar-refractivity contribution in [2.24, 2.45) is 0 Å². The minimum absolute atomic E-state index is 0.542. The number of likely N-dealkylation sites (tertiary alicyclic amines) is 1. The van der Waals surface area contributed by atoms with E-state index in [4.69, 9.17) is 0 Å². The molecule has 1 N–H and O–H groups in total. The molecule has 4 rings (SSSR count). The van der Waals surface area contributed by atoms with Crippen LogP contribution in [0.5, 0.6) is 0 Å². The van der Waals surface area contributed by atoms with E-state index in [1.54, 1.807) is 0 Å². The molecule has 1 saturated heterocycles. The van der Waals surface area contributed by atoms with E-state index in [2.05, 4.69) is 32.0 Å². The van der Waals surface area contributed by atoms with Crippen molar-refractivity contribution in [1.29, 1.82) is 0 Å². The number of rotatable bonds is 4. The molecule has 1 aliphatic heterocycles. The lowest BCUT2D eigenvalue weighted by Crippen LogP contribution is -2.34. The smallest absolute Gasteiger partial charge is 0.159 e. The van der Waals surface area contributed by atoms with Crippen LogP contribution in [0.3, 0.4) is 0 Å². The molecule has 128 valence electrons. The fraction of sp³-hybridized carbons (Fsp3) is 0.350. The summed E-state index contributed by atoms with van der Waals surface area (Å²) in [5, 5.41) is 7.36. The molecule has 1 fully saturated rings. The maximum atomic E-state index is 4.54. The topological polar surface area (TPSA) is 57.7 Å². The second kappa shape index (κ2) is 7.15. The summed E-state index contributed by atoms with van der Waals surface area (Å²) in [6.07, 6.45) is 8.28. The van der Waals surface area contributed by atoms with Gasteiger partial charge in [-0.25, -0.2) is 9.97 Å². The molecule has 0 saturated carbocycles. The standard InChI is InChI=1S/C20H23N5/c1-15-10-23-24-19(15)18-8-5-9-25(14-18)13-16-11-21-20(22-12-16)17-6-3-2-4-7-17/h2-4,6-7,10-12,18H,5,8-9,13-14H2,1H3,(H,23,24)/t18-/m1/s1. The Bertz CT molecular complexity index is 810. The molecule has 5 nitrogen and oxygen atoms in total. The Morgan fingerprint density at radius 3 is 2.64 bits per heavy atom. The van der Waals surface area contributed by atoms with Crippen LogP contribution in [-0.4, -0.2) is 38.2 Å². The minimum Gasteiger partial charge on any atom is -0.298 e. The van der Waals surface area contributed by atoms with Gasteiger partial charge < -0.3 is 0 Å². The van der Waals surface area contributed by atoms with Gasteiger partial charge in [-0.2, -0.15) is 5.10 Å². The summed E-state index contributed by atoms with van der Waals surface area (Å²) in [4.78, 5) is 11.6. The van der Waals surface area contributed by atoms with Gasteiger partial charge in [0, 0.05) is 48.2 Å². The molecule has 3 aromatic rings. The highest BCUT2D eigenvalue weighted by molar-refractivity contribution is 5.53. The van der Waals surface area contributed by atoms with E-state index in [0.717, 1.165) is 31.0 Å². The van der Waals surface area contributed by atoms with Crippen molar-refractivity contribution in [3.63, 3.8) is 0 Å². The Labute approximate surface area is 148 Å². The van der Waals surface area contributed by atoms with E-state index in [-0.39, 0.29) is 0 Å². The summed E-state index contributed by atoms with van der Waals surface area (Å²) in [5.74, 6) is 1.33. The van der Waals surface area contributed by atoms with Gasteiger partial charge in [0.05, 0.1) is 6.20 Å². The van der Waals surface area contributed by atoms with Gasteiger partial charge in [0.1, 0.15) is 0 Å². The summed E-state index contributed by atoms with van der Waals surface area (Å²) in [5.41, 5.74) is 4.78. The van der Waals surface area contributed by atoms with Crippen molar-refractivity contribution in [3.8, 4) is 11.4 Å². The molecular weight excluding hydrogens is 310 g/mol. The normalized spacial score (nSPS) is 18.4. The average Bonchev–Trinajstić information content (AvgIpc) is 3.09. The van der Waals surface area contributed by atoms with Gasteiger partial charge in [-0.1, -0.05) is 30.3 Å². The van der Waals surface area contributed by atoms with Gasteiger partial charge in [-0.05, 0) is 31.9 Å². The number of aromatic nitrogens is 4. The highest BCUT2D eigenvalue weighted by Gasteiger charge is 2.23. The molecule has 0 radical (unpaired) electrons. The predicted octanol–water partition coefficient (Wildman–Crippen LogP) is 3.55. The van der Waals surface area contributed by atoms with Crippen LogP contribution in [0.1, 0.15) is 35.6 Å². The fourth-order valence-corrected chi connectivity index (χ4v) is 3.64. The van der Waals surface area contributed by atoms with Crippen LogP contribution >= 0.6 is 0 Å². The maximum absolute atomic E-state index is 4.54. The fourth-order valence-electron chi connectivity index (χ4n) is 3.64. The molecule has 25 heavy (non-hydrogen) atoms. The third-order valence-electron chi connectivity index (χ3n) is 4.93. The highest BCUT2D eigenvalue weighted by Crippen LogP contribution is 2.28. The Hall–Kier alpha value is -2.53. The lowest BCUT2D eigenvalue weighted by atomic mass is 9.93. The Kier molecular flexibility index (Phi) is 4.57. The average molecular weight is 333 g/mol. The van der Waals surface area contributed by atoms with Crippen LogP contribution in [0.4, 0.5) is 0 Å². The molecule has 1 aliphatic rings. The second-order valence-electron chi connectivity index (χ2n) is 6.82. The summed E-state index contributed by atoms with van der Waals surface area (Å²) in [7, 11) is 0. The van der Waals surface area contributed by atoms with E-state index in [0.29, 0.717) is 5.92 Å². The number of benzene rings is 1. The quantitative estimate of drug-likeness (QED) is 0.793. The first-order chi connectivity index (χ1) is 12.3. The number of nitrogens with one attached hydrogen (secondary N) is 1. The van der Waals surface area contributed by atoms with Crippen LogP contribution in [-0.2, 0) is 6.54 Å². The minimum atomic E-state index is 0.542. The lowest BCUT2D eigenvalue weighted by Gasteiger charge is -2.32. The summed E-state index contributed by atoms with van der Waals surface area (Å²) >= 11 is 0. The van der Waals surface area contributed by atoms with E-state index >= 15 is 0 Å². The van der Waals surface area contributed by atoms with Crippen LogP contribution in [0.25, 0.3) is 11.4 Å². The van der Waals surface area contributed by atoms with E-state index in [1.165, 1.54) is 29.7 Å². The first-order valence-corrected chi connectivity index (χ1v) is 8.88. The van der Waals surface area contributed by atoms with Crippen molar-refractivity contribution >= 4 is 0 Å². The summed E-state index contributed by atoms with van der Waals surface area (Å²) < 4.78 is 0. The van der Waals surface area contributed by atoms with Crippen molar-refractivity contribution < 1.29 is 0 Å². The largest absolute Gasteiger partial charge is 0.298 e. The number of nitrogens with zero attached hydrogens (tertiary/aromatic N) is 4. The number of hydrogen-bond acceptors (Lipinski definition) is 4. The van der Waals surface area contributed by atoms with Crippen LogP contribution in [0.15, 0.2) is 48.9 Å². The number of piperidine rings is 1. The molecule has 0 aliphatic carbocycles. The van der Waals surface area contributed by atoms with Crippen molar-refractivity contribution in [2.75, 3.05) is 13.1 Å². The maximum Gasteiger partial charge on any atom is 0.159 e. The number of hydrogen-bond donors (Lipinski definition) is 1. The van der Waals surface area contributed by atoms with Crippen LogP contribution in [0.2, 0.25) is 0 Å². The number of H-pyrrole nitrogens is 1. The molecule has 0 unspecified atom stereocenters. The van der Waals surface area contributed by atoms with Crippen LogP contribution in [0, 0.1) is 6.92 Å². The van der Waals surface area contributed by atoms with E-state index < -0.39 is 0 Å². The second-order valence-corrected chi connectivity index (χ2v) is 6.82. The number of aryl methyl sites for hydroxylation is 1. The van der Waals surface area contributed by atoms with E-state index in [9.17, 15) is 0 Å². The lowest BCUT2D eigenvalue weighted by molar-refractivity contribution is 0.198. The van der Waals surface area contributed by atoms with Gasteiger partial charge in [0.15, 0.2) is 5.82 Å². The molecule has 1 aromatic carbocycles. The highest BCUT2D eigenvalue weighted by atomic mass is 15.2. The molecule has 0 spiro atoms. The van der Waals surface area contributed by atoms with E-state index in [1.807, 2.05) is 48.9 Å². The third kappa shape index (κ3) is 3.61. The van der Waals surface area contributed by atoms with Gasteiger partial charge in [0.2, 0.25) is 0 Å². The van der Waals surface area contributed by atoms with Gasteiger partial charge in [-0.3, -0.25) is 10.00 Å². The predicted molar refractivity (Wildman–Crippen MR) is 98.0 cm³/mol. The van der Waals surface area contributed by atoms with Crippen LogP contribution < -0.4 is 0 Å². The summed E-state index contributed by atoms with van der Waals surface area (Å²) in [6.45, 7) is 5.22. The molecule has 5 heteroatoms. The zero-order chi connectivity index (χ0) is 17.1. The molecule has 1 atom stereocenters. The molecule has 2 aromatic heterocycles. The third-order valence-corrected chi connectivity index (χ3v) is 4.93. The number of aromatic amines is 1. The molecule has 3 heterocycles. The van der Waals surface area contributed by atoms with Crippen molar-refractivity contribution in [2.45, 2.75) is 32.2 Å². The monoisotopic (exact) mass is 333 g/mol. The SMILES string of the molecule is Cc1cn[nH]c1[C@@H]1CCCN(Cc2cnc(-c3ccccc3)nc2)C1. The Morgan fingerprint density at radius 1 is 1.12 bits per heavy atom. The Balaban J connectivity index is 1.42. The van der Waals surface area contributed by atoms with Crippen molar-refractivity contribution in [3.05, 3.63) is 65.7 Å². The summed E-state index contributed by atoms with van der Waals surface area (Å²) in [6, 6.07) is 10.1. The Morgan fingerprint density at radius 2 is 1.92 bits per heavy atom. The first kappa shape index (κ1) is 16.0.